The van der Waals surface area contributed by atoms with Crippen LogP contribution < -0.4 is 0 Å². The Balaban J connectivity index is 2.22. The van der Waals surface area contributed by atoms with Crippen LogP contribution in [0.25, 0.3) is 0 Å². The molecule has 1 fully saturated rings. The van der Waals surface area contributed by atoms with E-state index in [1.807, 2.05) is 31.2 Å². The van der Waals surface area contributed by atoms with Gasteiger partial charge in [-0.1, -0.05) is 24.3 Å². The Morgan fingerprint density at radius 1 is 1.38 bits per heavy atom. The number of hydrogen-bond donors (Lipinski definition) is 0. The van der Waals surface area contributed by atoms with E-state index < -0.39 is 11.6 Å². The van der Waals surface area contributed by atoms with Gasteiger partial charge in [0.05, 0.1) is 5.60 Å². The maximum absolute atomic E-state index is 11.8. The number of carbonyl (C=O) groups is 1. The van der Waals surface area contributed by atoms with Crippen molar-refractivity contribution in [2.45, 2.75) is 31.0 Å². The first-order valence-electron chi connectivity index (χ1n) is 5.34. The van der Waals surface area contributed by atoms with Gasteiger partial charge in [0.1, 0.15) is 0 Å². The Morgan fingerprint density at radius 2 is 2.06 bits per heavy atom. The minimum atomic E-state index is -0.972. The zero-order valence-corrected chi connectivity index (χ0v) is 9.03. The normalized spacial score (nSPS) is 34.8. The summed E-state index contributed by atoms with van der Waals surface area (Å²) in [5, 5.41) is 0. The molecular formula is C12H11BO3. The third kappa shape index (κ3) is 0.956. The van der Waals surface area contributed by atoms with Gasteiger partial charge in [-0.2, -0.15) is 0 Å². The molecule has 0 N–H and O–H groups in total. The van der Waals surface area contributed by atoms with Crippen LogP contribution in [0.4, 0.5) is 0 Å². The van der Waals surface area contributed by atoms with Crippen molar-refractivity contribution in [3.8, 4) is 0 Å². The molecule has 1 aromatic rings. The van der Waals surface area contributed by atoms with Crippen LogP contribution in [-0.4, -0.2) is 14.0 Å². The molecule has 2 bridgehead atoms. The van der Waals surface area contributed by atoms with Gasteiger partial charge in [0.25, 0.3) is 0 Å². The zero-order chi connectivity index (χ0) is 11.4. The molecule has 0 aromatic heterocycles. The van der Waals surface area contributed by atoms with Crippen LogP contribution in [0.2, 0.25) is 0 Å². The van der Waals surface area contributed by atoms with Gasteiger partial charge < -0.3 is 9.39 Å². The van der Waals surface area contributed by atoms with Crippen LogP contribution in [0, 0.1) is 0 Å². The van der Waals surface area contributed by atoms with Gasteiger partial charge in [0, 0.05) is 5.56 Å². The van der Waals surface area contributed by atoms with E-state index in [0.29, 0.717) is 6.42 Å². The predicted octanol–water partition coefficient (Wildman–Crippen LogP) is 1.55. The first kappa shape index (κ1) is 9.91. The monoisotopic (exact) mass is 214 g/mol. The van der Waals surface area contributed by atoms with Crippen molar-refractivity contribution in [3.05, 3.63) is 35.4 Å². The third-order valence-corrected chi connectivity index (χ3v) is 3.72. The summed E-state index contributed by atoms with van der Waals surface area (Å²) < 4.78 is 10.3. The summed E-state index contributed by atoms with van der Waals surface area (Å²) >= 11 is 0. The molecule has 80 valence electrons. The highest BCUT2D eigenvalue weighted by Gasteiger charge is 2.61. The Morgan fingerprint density at radius 3 is 2.75 bits per heavy atom. The highest BCUT2D eigenvalue weighted by atomic mass is 16.6. The molecule has 3 rings (SSSR count). The quantitative estimate of drug-likeness (QED) is 0.665. The minimum absolute atomic E-state index is 0.370. The summed E-state index contributed by atoms with van der Waals surface area (Å²) in [6.07, 6.45) is 1.45. The Kier molecular flexibility index (Phi) is 1.79. The molecular weight excluding hydrogens is 203 g/mol. The van der Waals surface area contributed by atoms with Gasteiger partial charge in [0.15, 0.2) is 5.60 Å². The van der Waals surface area contributed by atoms with Crippen LogP contribution in [0.15, 0.2) is 24.3 Å². The fraction of sp³-hybridized carbons (Fsp3) is 0.417. The largest absolute Gasteiger partial charge is 0.541 e. The van der Waals surface area contributed by atoms with E-state index in [1.165, 1.54) is 0 Å². The number of fused-ring (bicyclic) bond motifs is 5. The number of ether oxygens (including phenoxy) is 1. The zero-order valence-electron chi connectivity index (χ0n) is 9.03. The molecule has 2 aliphatic heterocycles. The Hall–Kier alpha value is -1.29. The number of hydrogen-bond acceptors (Lipinski definition) is 3. The average Bonchev–Trinajstić information content (AvgIpc) is 2.80. The van der Waals surface area contributed by atoms with Crippen LogP contribution in [0.3, 0.4) is 0 Å². The molecule has 2 atom stereocenters. The molecule has 2 heterocycles. The lowest BCUT2D eigenvalue weighted by Crippen LogP contribution is -2.34. The minimum Gasteiger partial charge on any atom is -0.541 e. The number of carbonyl (C=O) groups excluding carboxylic acids is 1. The van der Waals surface area contributed by atoms with Gasteiger partial charge in [-0.3, -0.25) is 4.79 Å². The average molecular weight is 214 g/mol. The third-order valence-electron chi connectivity index (χ3n) is 3.72. The Bertz CT molecular complexity index is 473. The molecule has 1 saturated heterocycles. The van der Waals surface area contributed by atoms with Crippen molar-refractivity contribution in [2.24, 2.45) is 0 Å². The van der Waals surface area contributed by atoms with Crippen LogP contribution in [-0.2, 0) is 25.4 Å². The summed E-state index contributed by atoms with van der Waals surface area (Å²) in [6, 6.07) is 7.77. The SMILES string of the molecule is [B]OC(=O)[C@@]12CC[C@@](C)(O1)c1ccccc12. The second kappa shape index (κ2) is 2.89. The molecule has 4 heteroatoms. The maximum atomic E-state index is 11.8. The number of benzene rings is 1. The topological polar surface area (TPSA) is 35.5 Å². The smallest absolute Gasteiger partial charge is 0.378 e. The first-order chi connectivity index (χ1) is 7.62. The van der Waals surface area contributed by atoms with Crippen molar-refractivity contribution in [2.75, 3.05) is 0 Å². The van der Waals surface area contributed by atoms with Crippen molar-refractivity contribution in [3.63, 3.8) is 0 Å². The van der Waals surface area contributed by atoms with E-state index in [1.54, 1.807) is 0 Å². The standard InChI is InChI=1S/C12H11BO3/c1-11-6-7-12(16-11,10(14)15-13)9-5-3-2-4-8(9)11/h2-5H,6-7H2,1H3/t11-,12+/m1/s1. The molecule has 0 spiro atoms. The molecule has 2 radical (unpaired) electrons. The fourth-order valence-corrected chi connectivity index (χ4v) is 2.93. The molecule has 0 amide bonds. The molecule has 16 heavy (non-hydrogen) atoms. The van der Waals surface area contributed by atoms with Crippen molar-refractivity contribution < 1.29 is 14.2 Å². The molecule has 0 unspecified atom stereocenters. The van der Waals surface area contributed by atoms with Crippen molar-refractivity contribution >= 4 is 14.0 Å². The lowest BCUT2D eigenvalue weighted by molar-refractivity contribution is -0.165. The summed E-state index contributed by atoms with van der Waals surface area (Å²) in [6.45, 7) is 2.00. The maximum Gasteiger partial charge on any atom is 0.378 e. The molecule has 2 aliphatic rings. The first-order valence-corrected chi connectivity index (χ1v) is 5.34. The van der Waals surface area contributed by atoms with Crippen LogP contribution in [0.1, 0.15) is 30.9 Å². The summed E-state index contributed by atoms with van der Waals surface area (Å²) in [5.41, 5.74) is 0.635. The predicted molar refractivity (Wildman–Crippen MR) is 57.6 cm³/mol. The molecule has 3 nitrogen and oxygen atoms in total. The van der Waals surface area contributed by atoms with E-state index in [2.05, 4.69) is 4.65 Å². The fourth-order valence-electron chi connectivity index (χ4n) is 2.93. The molecule has 1 aromatic carbocycles. The van der Waals surface area contributed by atoms with E-state index in [4.69, 9.17) is 12.8 Å². The summed E-state index contributed by atoms with van der Waals surface area (Å²) in [7, 11) is 5.00. The van der Waals surface area contributed by atoms with Gasteiger partial charge in [-0.05, 0) is 25.3 Å². The second-order valence-corrected chi connectivity index (χ2v) is 4.61. The Labute approximate surface area is 95.2 Å². The lowest BCUT2D eigenvalue weighted by Gasteiger charge is -2.23. The molecule has 0 saturated carbocycles. The number of rotatable bonds is 1. The van der Waals surface area contributed by atoms with E-state index in [-0.39, 0.29) is 5.60 Å². The molecule has 0 aliphatic carbocycles. The van der Waals surface area contributed by atoms with Gasteiger partial charge in [0.2, 0.25) is 0 Å². The highest BCUT2D eigenvalue weighted by molar-refractivity contribution is 6.07. The van der Waals surface area contributed by atoms with Gasteiger partial charge in [-0.15, -0.1) is 0 Å². The van der Waals surface area contributed by atoms with Gasteiger partial charge >= 0.3 is 14.0 Å². The second-order valence-electron chi connectivity index (χ2n) is 4.61. The lowest BCUT2D eigenvalue weighted by atomic mass is 9.77. The van der Waals surface area contributed by atoms with Crippen LogP contribution in [0.5, 0.6) is 0 Å². The van der Waals surface area contributed by atoms with Crippen molar-refractivity contribution in [1.82, 2.24) is 0 Å². The van der Waals surface area contributed by atoms with E-state index >= 15 is 0 Å². The summed E-state index contributed by atoms with van der Waals surface area (Å²) in [4.78, 5) is 11.8. The van der Waals surface area contributed by atoms with E-state index in [0.717, 1.165) is 17.5 Å². The van der Waals surface area contributed by atoms with Gasteiger partial charge in [-0.25, -0.2) is 0 Å². The van der Waals surface area contributed by atoms with E-state index in [9.17, 15) is 4.79 Å². The highest BCUT2D eigenvalue weighted by Crippen LogP contribution is 2.58. The van der Waals surface area contributed by atoms with Crippen LogP contribution >= 0.6 is 0 Å². The summed E-state index contributed by atoms with van der Waals surface area (Å²) in [5.74, 6) is -0.499. The van der Waals surface area contributed by atoms with Crippen molar-refractivity contribution in [1.29, 1.82) is 0 Å².